The molecular formula is C10H15O3P. The number of hydrogen-bond donors (Lipinski definition) is 2. The Kier molecular flexibility index (Phi) is 3.87. The molecule has 0 unspecified atom stereocenters. The Labute approximate surface area is 83.9 Å². The van der Waals surface area contributed by atoms with Crippen LogP contribution >= 0.6 is 7.60 Å². The van der Waals surface area contributed by atoms with Crippen LogP contribution in [0, 0.1) is 0 Å². The smallest absolute Gasteiger partial charge is 0.324 e. The fourth-order valence-electron chi connectivity index (χ4n) is 1.45. The summed E-state index contributed by atoms with van der Waals surface area (Å²) < 4.78 is 10.9. The fourth-order valence-corrected chi connectivity index (χ4v) is 2.20. The van der Waals surface area contributed by atoms with Crippen molar-refractivity contribution in [2.24, 2.45) is 0 Å². The summed E-state index contributed by atoms with van der Waals surface area (Å²) in [5, 5.41) is 0. The molecule has 78 valence electrons. The first-order valence-electron chi connectivity index (χ1n) is 4.64. The van der Waals surface area contributed by atoms with E-state index in [-0.39, 0.29) is 6.16 Å². The monoisotopic (exact) mass is 214 g/mol. The van der Waals surface area contributed by atoms with Crippen LogP contribution in [0.25, 0.3) is 0 Å². The average Bonchev–Trinajstić information content (AvgIpc) is 2.06. The van der Waals surface area contributed by atoms with E-state index in [0.717, 1.165) is 24.0 Å². The largest absolute Gasteiger partial charge is 0.329 e. The number of aryl methyl sites for hydroxylation is 1. The maximum absolute atomic E-state index is 10.9. The minimum Gasteiger partial charge on any atom is -0.324 e. The summed E-state index contributed by atoms with van der Waals surface area (Å²) in [5.41, 5.74) is 1.81. The van der Waals surface area contributed by atoms with Crippen molar-refractivity contribution in [2.75, 3.05) is 0 Å². The van der Waals surface area contributed by atoms with Crippen LogP contribution in [-0.2, 0) is 17.1 Å². The van der Waals surface area contributed by atoms with Gasteiger partial charge in [-0.3, -0.25) is 4.57 Å². The van der Waals surface area contributed by atoms with Gasteiger partial charge in [-0.1, -0.05) is 37.6 Å². The maximum Gasteiger partial charge on any atom is 0.329 e. The highest BCUT2D eigenvalue weighted by atomic mass is 31.2. The van der Waals surface area contributed by atoms with Gasteiger partial charge < -0.3 is 9.79 Å². The van der Waals surface area contributed by atoms with E-state index in [2.05, 4.69) is 0 Å². The van der Waals surface area contributed by atoms with Crippen molar-refractivity contribution in [1.82, 2.24) is 0 Å². The van der Waals surface area contributed by atoms with Crippen molar-refractivity contribution in [3.63, 3.8) is 0 Å². The van der Waals surface area contributed by atoms with Gasteiger partial charge >= 0.3 is 7.60 Å². The van der Waals surface area contributed by atoms with Gasteiger partial charge in [0.15, 0.2) is 0 Å². The first-order valence-corrected chi connectivity index (χ1v) is 6.44. The lowest BCUT2D eigenvalue weighted by atomic mass is 10.0. The molecule has 0 heterocycles. The Balaban J connectivity index is 2.90. The van der Waals surface area contributed by atoms with Crippen LogP contribution in [-0.4, -0.2) is 9.79 Å². The Morgan fingerprint density at radius 3 is 2.29 bits per heavy atom. The molecule has 0 amide bonds. The molecule has 0 atom stereocenters. The molecule has 1 rings (SSSR count). The van der Waals surface area contributed by atoms with E-state index < -0.39 is 7.60 Å². The van der Waals surface area contributed by atoms with Crippen molar-refractivity contribution >= 4 is 7.60 Å². The van der Waals surface area contributed by atoms with Crippen molar-refractivity contribution in [1.29, 1.82) is 0 Å². The third-order valence-electron chi connectivity index (χ3n) is 2.01. The summed E-state index contributed by atoms with van der Waals surface area (Å²) >= 11 is 0. The average molecular weight is 214 g/mol. The van der Waals surface area contributed by atoms with Crippen molar-refractivity contribution in [3.05, 3.63) is 35.4 Å². The Morgan fingerprint density at radius 2 is 1.79 bits per heavy atom. The molecule has 14 heavy (non-hydrogen) atoms. The molecule has 0 radical (unpaired) electrons. The highest BCUT2D eigenvalue weighted by molar-refractivity contribution is 7.50. The lowest BCUT2D eigenvalue weighted by Crippen LogP contribution is -1.94. The Morgan fingerprint density at radius 1 is 1.21 bits per heavy atom. The number of hydrogen-bond acceptors (Lipinski definition) is 1. The van der Waals surface area contributed by atoms with Crippen LogP contribution < -0.4 is 0 Å². The molecule has 1 aromatic carbocycles. The van der Waals surface area contributed by atoms with Gasteiger partial charge in [-0.25, -0.2) is 0 Å². The molecule has 3 nitrogen and oxygen atoms in total. The molecule has 1 aromatic rings. The predicted octanol–water partition coefficient (Wildman–Crippen LogP) is 2.32. The van der Waals surface area contributed by atoms with Crippen LogP contribution in [0.15, 0.2) is 24.3 Å². The van der Waals surface area contributed by atoms with Gasteiger partial charge in [-0.05, 0) is 17.5 Å². The predicted molar refractivity (Wildman–Crippen MR) is 56.2 cm³/mol. The fraction of sp³-hybridized carbons (Fsp3) is 0.400. The van der Waals surface area contributed by atoms with Gasteiger partial charge in [0, 0.05) is 0 Å². The summed E-state index contributed by atoms with van der Waals surface area (Å²) in [4.78, 5) is 17.7. The zero-order valence-electron chi connectivity index (χ0n) is 8.18. The highest BCUT2D eigenvalue weighted by Crippen LogP contribution is 2.39. The molecule has 4 heteroatoms. The van der Waals surface area contributed by atoms with Crippen LogP contribution in [0.2, 0.25) is 0 Å². The van der Waals surface area contributed by atoms with Crippen molar-refractivity contribution < 1.29 is 14.4 Å². The van der Waals surface area contributed by atoms with Gasteiger partial charge in [0.2, 0.25) is 0 Å². The first-order chi connectivity index (χ1) is 6.53. The summed E-state index contributed by atoms with van der Waals surface area (Å²) in [6.07, 6.45) is 1.71. The van der Waals surface area contributed by atoms with Crippen LogP contribution in [0.4, 0.5) is 0 Å². The summed E-state index contributed by atoms with van der Waals surface area (Å²) in [7, 11) is -3.94. The minimum atomic E-state index is -3.94. The van der Waals surface area contributed by atoms with E-state index in [9.17, 15) is 4.57 Å². The van der Waals surface area contributed by atoms with Gasteiger partial charge in [-0.2, -0.15) is 0 Å². The zero-order valence-corrected chi connectivity index (χ0v) is 9.08. The van der Waals surface area contributed by atoms with E-state index in [0.29, 0.717) is 0 Å². The van der Waals surface area contributed by atoms with E-state index in [1.807, 2.05) is 25.1 Å². The van der Waals surface area contributed by atoms with E-state index >= 15 is 0 Å². The highest BCUT2D eigenvalue weighted by Gasteiger charge is 2.15. The lowest BCUT2D eigenvalue weighted by molar-refractivity contribution is 0.371. The molecular weight excluding hydrogens is 199 g/mol. The minimum absolute atomic E-state index is 0.150. The molecule has 0 aliphatic heterocycles. The number of rotatable bonds is 4. The second-order valence-electron chi connectivity index (χ2n) is 3.34. The third kappa shape index (κ3) is 3.62. The molecule has 0 aliphatic carbocycles. The second-order valence-corrected chi connectivity index (χ2v) is 4.99. The molecule has 0 fully saturated rings. The summed E-state index contributed by atoms with van der Waals surface area (Å²) in [6, 6.07) is 7.41. The second kappa shape index (κ2) is 4.74. The molecule has 0 aliphatic rings. The molecule has 0 saturated carbocycles. The topological polar surface area (TPSA) is 57.5 Å². The standard InChI is InChI=1S/C10H15O3P/c1-2-5-9-6-3-4-7-10(9)8-14(11,12)13/h3-4,6-7H,2,5,8H2,1H3,(H2,11,12,13). The van der Waals surface area contributed by atoms with Gasteiger partial charge in [0.1, 0.15) is 0 Å². The first kappa shape index (κ1) is 11.4. The molecule has 0 aromatic heterocycles. The van der Waals surface area contributed by atoms with E-state index in [4.69, 9.17) is 9.79 Å². The molecule has 0 saturated heterocycles. The Hall–Kier alpha value is -0.630. The SMILES string of the molecule is CCCc1ccccc1CP(=O)(O)O. The van der Waals surface area contributed by atoms with E-state index in [1.165, 1.54) is 0 Å². The van der Waals surface area contributed by atoms with E-state index in [1.54, 1.807) is 6.07 Å². The van der Waals surface area contributed by atoms with Crippen LogP contribution in [0.3, 0.4) is 0 Å². The van der Waals surface area contributed by atoms with Crippen molar-refractivity contribution in [2.45, 2.75) is 25.9 Å². The molecule has 0 spiro atoms. The van der Waals surface area contributed by atoms with Crippen LogP contribution in [0.5, 0.6) is 0 Å². The lowest BCUT2D eigenvalue weighted by Gasteiger charge is -2.09. The van der Waals surface area contributed by atoms with Gasteiger partial charge in [0.05, 0.1) is 6.16 Å². The normalized spacial score (nSPS) is 11.6. The van der Waals surface area contributed by atoms with Gasteiger partial charge in [0.25, 0.3) is 0 Å². The maximum atomic E-state index is 10.9. The Bertz CT molecular complexity index is 343. The van der Waals surface area contributed by atoms with Gasteiger partial charge in [-0.15, -0.1) is 0 Å². The molecule has 2 N–H and O–H groups in total. The molecule has 0 bridgehead atoms. The third-order valence-corrected chi connectivity index (χ3v) is 2.77. The summed E-state index contributed by atoms with van der Waals surface area (Å²) in [6.45, 7) is 2.05. The van der Waals surface area contributed by atoms with Crippen molar-refractivity contribution in [3.8, 4) is 0 Å². The van der Waals surface area contributed by atoms with Crippen LogP contribution in [0.1, 0.15) is 24.5 Å². The quantitative estimate of drug-likeness (QED) is 0.756. The summed E-state index contributed by atoms with van der Waals surface area (Å²) in [5.74, 6) is 0. The zero-order chi connectivity index (χ0) is 10.6. The number of benzene rings is 1.